The van der Waals surface area contributed by atoms with Crippen LogP contribution in [0.4, 0.5) is 0 Å². The average Bonchev–Trinajstić information content (AvgIpc) is 2.49. The van der Waals surface area contributed by atoms with Gasteiger partial charge in [0.1, 0.15) is 0 Å². The van der Waals surface area contributed by atoms with Crippen LogP contribution in [0.25, 0.3) is 0 Å². The number of hydrogen-bond donors (Lipinski definition) is 1. The van der Waals surface area contributed by atoms with Crippen LogP contribution < -0.4 is 5.32 Å². The summed E-state index contributed by atoms with van der Waals surface area (Å²) in [4.78, 5) is 12.6. The molecule has 0 saturated heterocycles. The maximum atomic E-state index is 12.6. The van der Waals surface area contributed by atoms with Crippen molar-refractivity contribution in [3.8, 4) is 0 Å². The van der Waals surface area contributed by atoms with Gasteiger partial charge >= 0.3 is 0 Å². The first-order chi connectivity index (χ1) is 10.5. The third-order valence-electron chi connectivity index (χ3n) is 3.98. The van der Waals surface area contributed by atoms with Gasteiger partial charge in [-0.25, -0.2) is 0 Å². The first-order valence-electron chi connectivity index (χ1n) is 7.90. The molecular weight excluding hydrogens is 270 g/mol. The van der Waals surface area contributed by atoms with Gasteiger partial charge in [0, 0.05) is 5.56 Å². The highest BCUT2D eigenvalue weighted by molar-refractivity contribution is 5.94. The van der Waals surface area contributed by atoms with Crippen LogP contribution in [0.3, 0.4) is 0 Å². The molecule has 0 heterocycles. The fourth-order valence-electron chi connectivity index (χ4n) is 2.56. The second-order valence-corrected chi connectivity index (χ2v) is 6.37. The third kappa shape index (κ3) is 4.20. The van der Waals surface area contributed by atoms with Crippen molar-refractivity contribution in [1.82, 2.24) is 5.32 Å². The molecule has 0 aliphatic rings. The highest BCUT2D eigenvalue weighted by atomic mass is 16.1. The van der Waals surface area contributed by atoms with Crippen molar-refractivity contribution in [1.29, 1.82) is 0 Å². The van der Waals surface area contributed by atoms with E-state index in [1.54, 1.807) is 0 Å². The molecule has 0 aliphatic carbocycles. The Labute approximate surface area is 133 Å². The van der Waals surface area contributed by atoms with E-state index in [9.17, 15) is 4.79 Å². The summed E-state index contributed by atoms with van der Waals surface area (Å²) in [7, 11) is 0. The van der Waals surface area contributed by atoms with Crippen LogP contribution in [0.2, 0.25) is 0 Å². The van der Waals surface area contributed by atoms with Crippen LogP contribution in [0.5, 0.6) is 0 Å². The Balaban J connectivity index is 2.19. The van der Waals surface area contributed by atoms with E-state index in [-0.39, 0.29) is 11.9 Å². The smallest absolute Gasteiger partial charge is 0.251 e. The number of carbonyl (C=O) groups is 1. The number of carbonyl (C=O) groups excluding carboxylic acids is 1. The van der Waals surface area contributed by atoms with Crippen LogP contribution >= 0.6 is 0 Å². The summed E-state index contributed by atoms with van der Waals surface area (Å²) in [5.74, 6) is 0.517. The number of aryl methyl sites for hydroxylation is 2. The Bertz CT molecular complexity index is 631. The van der Waals surface area contributed by atoms with Gasteiger partial charge in [-0.05, 0) is 55.0 Å². The molecule has 0 spiro atoms. The van der Waals surface area contributed by atoms with Gasteiger partial charge in [0.05, 0.1) is 6.04 Å². The minimum absolute atomic E-state index is 0.00222. The second-order valence-electron chi connectivity index (χ2n) is 6.37. The highest BCUT2D eigenvalue weighted by Gasteiger charge is 2.17. The van der Waals surface area contributed by atoms with Crippen molar-refractivity contribution >= 4 is 5.91 Å². The highest BCUT2D eigenvalue weighted by Crippen LogP contribution is 2.22. The molecule has 2 rings (SSSR count). The fraction of sp³-hybridized carbons (Fsp3) is 0.350. The lowest BCUT2D eigenvalue weighted by Crippen LogP contribution is -2.29. The van der Waals surface area contributed by atoms with Crippen LogP contribution in [-0.4, -0.2) is 5.91 Å². The van der Waals surface area contributed by atoms with Gasteiger partial charge in [-0.3, -0.25) is 4.79 Å². The van der Waals surface area contributed by atoms with Crippen molar-refractivity contribution in [2.75, 3.05) is 0 Å². The lowest BCUT2D eigenvalue weighted by Gasteiger charge is -2.21. The number of nitrogens with one attached hydrogen (secondary N) is 1. The van der Waals surface area contributed by atoms with Crippen LogP contribution in [0.1, 0.15) is 53.4 Å². The maximum Gasteiger partial charge on any atom is 0.251 e. The molecule has 22 heavy (non-hydrogen) atoms. The maximum absolute atomic E-state index is 12.6. The molecule has 116 valence electrons. The predicted molar refractivity (Wildman–Crippen MR) is 92.0 cm³/mol. The summed E-state index contributed by atoms with van der Waals surface area (Å²) in [5, 5.41) is 3.19. The van der Waals surface area contributed by atoms with Gasteiger partial charge in [-0.1, -0.05) is 50.2 Å². The Morgan fingerprint density at radius 1 is 1.00 bits per heavy atom. The standard InChI is InChI=1S/C20H25NO/c1-14(2)12-19(17-8-6-5-7-9-17)21-20(22)18-11-10-15(3)16(4)13-18/h5-11,13-14,19H,12H2,1-4H3,(H,21,22)/t19-/m0/s1. The van der Waals surface area contributed by atoms with E-state index >= 15 is 0 Å². The number of benzene rings is 2. The van der Waals surface area contributed by atoms with Crippen LogP contribution in [0.15, 0.2) is 48.5 Å². The monoisotopic (exact) mass is 295 g/mol. The molecule has 2 aromatic carbocycles. The molecule has 1 N–H and O–H groups in total. The molecule has 0 aliphatic heterocycles. The normalized spacial score (nSPS) is 12.2. The van der Waals surface area contributed by atoms with Crippen molar-refractivity contribution in [2.24, 2.45) is 5.92 Å². The first kappa shape index (κ1) is 16.3. The van der Waals surface area contributed by atoms with E-state index in [1.165, 1.54) is 5.56 Å². The van der Waals surface area contributed by atoms with Gasteiger partial charge in [0.25, 0.3) is 5.91 Å². The van der Waals surface area contributed by atoms with Crippen molar-refractivity contribution < 1.29 is 4.79 Å². The summed E-state index contributed by atoms with van der Waals surface area (Å²) < 4.78 is 0. The molecular formula is C20H25NO. The lowest BCUT2D eigenvalue weighted by molar-refractivity contribution is 0.0932. The van der Waals surface area contributed by atoms with E-state index in [0.29, 0.717) is 5.92 Å². The zero-order valence-electron chi connectivity index (χ0n) is 13.9. The topological polar surface area (TPSA) is 29.1 Å². The minimum Gasteiger partial charge on any atom is -0.345 e. The van der Waals surface area contributed by atoms with Gasteiger partial charge in [-0.2, -0.15) is 0 Å². The molecule has 0 bridgehead atoms. The molecule has 0 unspecified atom stereocenters. The molecule has 2 nitrogen and oxygen atoms in total. The molecule has 1 amide bonds. The molecule has 1 atom stereocenters. The number of hydrogen-bond acceptors (Lipinski definition) is 1. The predicted octanol–water partition coefficient (Wildman–Crippen LogP) is 4.82. The molecule has 0 fully saturated rings. The second kappa shape index (κ2) is 7.26. The molecule has 2 heteroatoms. The van der Waals surface area contributed by atoms with E-state index in [2.05, 4.69) is 38.2 Å². The van der Waals surface area contributed by atoms with Gasteiger partial charge in [0.2, 0.25) is 0 Å². The van der Waals surface area contributed by atoms with Crippen LogP contribution in [-0.2, 0) is 0 Å². The zero-order valence-corrected chi connectivity index (χ0v) is 13.9. The Morgan fingerprint density at radius 2 is 1.68 bits per heavy atom. The average molecular weight is 295 g/mol. The minimum atomic E-state index is -0.00222. The van der Waals surface area contributed by atoms with Gasteiger partial charge < -0.3 is 5.32 Å². The van der Waals surface area contributed by atoms with Crippen molar-refractivity contribution in [3.63, 3.8) is 0 Å². The van der Waals surface area contributed by atoms with Gasteiger partial charge in [-0.15, -0.1) is 0 Å². The summed E-state index contributed by atoms with van der Waals surface area (Å²) in [5.41, 5.74) is 4.24. The molecule has 0 aromatic heterocycles. The van der Waals surface area contributed by atoms with Crippen LogP contribution in [0, 0.1) is 19.8 Å². The lowest BCUT2D eigenvalue weighted by atomic mass is 9.96. The van der Waals surface area contributed by atoms with Gasteiger partial charge in [0.15, 0.2) is 0 Å². The quantitative estimate of drug-likeness (QED) is 0.841. The number of rotatable bonds is 5. The molecule has 2 aromatic rings. The largest absolute Gasteiger partial charge is 0.345 e. The molecule has 0 radical (unpaired) electrons. The number of amides is 1. The first-order valence-corrected chi connectivity index (χ1v) is 7.90. The molecule has 0 saturated carbocycles. The summed E-state index contributed by atoms with van der Waals surface area (Å²) in [6.07, 6.45) is 0.931. The summed E-state index contributed by atoms with van der Waals surface area (Å²) in [6, 6.07) is 16.1. The Hall–Kier alpha value is -2.09. The Morgan fingerprint density at radius 3 is 2.27 bits per heavy atom. The third-order valence-corrected chi connectivity index (χ3v) is 3.98. The fourth-order valence-corrected chi connectivity index (χ4v) is 2.56. The Kier molecular flexibility index (Phi) is 5.37. The van der Waals surface area contributed by atoms with E-state index in [4.69, 9.17) is 0 Å². The SMILES string of the molecule is Cc1ccc(C(=O)N[C@@H](CC(C)C)c2ccccc2)cc1C. The summed E-state index contributed by atoms with van der Waals surface area (Å²) >= 11 is 0. The van der Waals surface area contributed by atoms with Crippen molar-refractivity contribution in [3.05, 3.63) is 70.8 Å². The van der Waals surface area contributed by atoms with Crippen molar-refractivity contribution in [2.45, 2.75) is 40.2 Å². The van der Waals surface area contributed by atoms with E-state index < -0.39 is 0 Å². The summed E-state index contributed by atoms with van der Waals surface area (Å²) in [6.45, 7) is 8.45. The zero-order chi connectivity index (χ0) is 16.1. The van der Waals surface area contributed by atoms with E-state index in [0.717, 1.165) is 23.1 Å². The van der Waals surface area contributed by atoms with E-state index in [1.807, 2.05) is 43.3 Å².